The topological polar surface area (TPSA) is 91.8 Å². The van der Waals surface area contributed by atoms with Crippen molar-refractivity contribution in [2.45, 2.75) is 24.9 Å². The van der Waals surface area contributed by atoms with E-state index in [2.05, 4.69) is 38.5 Å². The number of fused-ring (bicyclic) bond motifs is 7. The zero-order chi connectivity index (χ0) is 24.7. The van der Waals surface area contributed by atoms with Crippen LogP contribution in [0, 0.1) is 12.3 Å². The summed E-state index contributed by atoms with van der Waals surface area (Å²) in [5.74, 6) is 3.82. The third-order valence-corrected chi connectivity index (χ3v) is 9.62. The summed E-state index contributed by atoms with van der Waals surface area (Å²) in [6.07, 6.45) is 12.1. The van der Waals surface area contributed by atoms with Crippen molar-refractivity contribution in [2.75, 3.05) is 25.1 Å². The maximum Gasteiger partial charge on any atom is 0.319 e. The second kappa shape index (κ2) is 7.86. The van der Waals surface area contributed by atoms with Gasteiger partial charge in [0.25, 0.3) is 0 Å². The molecule has 37 heavy (non-hydrogen) atoms. The van der Waals surface area contributed by atoms with Gasteiger partial charge in [-0.3, -0.25) is 10.1 Å². The van der Waals surface area contributed by atoms with Gasteiger partial charge >= 0.3 is 6.01 Å². The van der Waals surface area contributed by atoms with Crippen molar-refractivity contribution in [3.63, 3.8) is 0 Å². The van der Waals surface area contributed by atoms with E-state index in [0.717, 1.165) is 77.0 Å². The molecule has 0 saturated carbocycles. The second-order valence-corrected chi connectivity index (χ2v) is 11.6. The number of aromatic amines is 1. The number of benzene rings is 1. The first-order chi connectivity index (χ1) is 18.2. The molecule has 2 N–H and O–H groups in total. The van der Waals surface area contributed by atoms with Gasteiger partial charge in [0, 0.05) is 68.7 Å². The quantitative estimate of drug-likeness (QED) is 0.318. The first-order valence-electron chi connectivity index (χ1n) is 12.2. The molecule has 1 aromatic carbocycles. The lowest BCUT2D eigenvalue weighted by Crippen LogP contribution is -2.51. The Morgan fingerprint density at radius 1 is 1.16 bits per heavy atom. The van der Waals surface area contributed by atoms with Crippen molar-refractivity contribution in [2.24, 2.45) is 0 Å². The summed E-state index contributed by atoms with van der Waals surface area (Å²) in [6.45, 7) is 1.85. The summed E-state index contributed by atoms with van der Waals surface area (Å²) >= 11 is 3.27. The molecule has 0 aliphatic carbocycles. The highest BCUT2D eigenvalue weighted by Gasteiger charge is 2.34. The number of H-pyrrole nitrogens is 1. The minimum absolute atomic E-state index is 0.390. The number of anilines is 1. The van der Waals surface area contributed by atoms with E-state index in [9.17, 15) is 0 Å². The van der Waals surface area contributed by atoms with Gasteiger partial charge in [-0.25, -0.2) is 0 Å². The molecule has 2 unspecified atom stereocenters. The molecule has 2 fully saturated rings. The summed E-state index contributed by atoms with van der Waals surface area (Å²) in [5, 5.41) is 17.4. The number of terminal acetylenes is 1. The van der Waals surface area contributed by atoms with Crippen LogP contribution in [0.1, 0.15) is 18.4 Å². The van der Waals surface area contributed by atoms with Crippen molar-refractivity contribution < 1.29 is 4.74 Å². The van der Waals surface area contributed by atoms with Crippen LogP contribution in [-0.2, 0) is 0 Å². The minimum Gasteiger partial charge on any atom is -0.467 e. The Bertz CT molecular complexity index is 1900. The fourth-order valence-corrected chi connectivity index (χ4v) is 8.09. The van der Waals surface area contributed by atoms with Gasteiger partial charge in [0.15, 0.2) is 0 Å². The van der Waals surface area contributed by atoms with E-state index in [1.54, 1.807) is 29.8 Å². The second-order valence-electron chi connectivity index (χ2n) is 9.64. The number of rotatable bonds is 3. The molecule has 2 aliphatic heterocycles. The van der Waals surface area contributed by atoms with Crippen LogP contribution in [-0.4, -0.2) is 57.4 Å². The molecular formula is C27H21N7OS2. The van der Waals surface area contributed by atoms with Crippen LogP contribution in [0.3, 0.4) is 0 Å². The average Bonchev–Trinajstić information content (AvgIpc) is 3.71. The molecule has 2 saturated heterocycles. The zero-order valence-corrected chi connectivity index (χ0v) is 21.5. The van der Waals surface area contributed by atoms with Crippen molar-refractivity contribution in [3.05, 3.63) is 35.5 Å². The molecule has 8 nitrogen and oxygen atoms in total. The number of nitrogens with zero attached hydrogens (tertiary/aromatic N) is 5. The van der Waals surface area contributed by atoms with Crippen LogP contribution in [0.4, 0.5) is 5.82 Å². The first kappa shape index (κ1) is 21.3. The Kier molecular flexibility index (Phi) is 4.53. The van der Waals surface area contributed by atoms with Gasteiger partial charge in [-0.05, 0) is 25.0 Å². The SMILES string of the molecule is C#Cc1csc2cc3[nH]ncc3c(-c3nccc4c3sc3nc(OC)nc(N5CC6CCC(C5)N6)c34)c12. The monoisotopic (exact) mass is 523 g/mol. The van der Waals surface area contributed by atoms with E-state index in [1.165, 1.54) is 12.8 Å². The van der Waals surface area contributed by atoms with Gasteiger partial charge in [-0.15, -0.1) is 29.1 Å². The highest BCUT2D eigenvalue weighted by molar-refractivity contribution is 7.26. The Hall–Kier alpha value is -3.78. The Balaban J connectivity index is 1.45. The molecule has 8 rings (SSSR count). The maximum absolute atomic E-state index is 5.94. The summed E-state index contributed by atoms with van der Waals surface area (Å²) in [4.78, 5) is 17.9. The van der Waals surface area contributed by atoms with E-state index in [-0.39, 0.29) is 0 Å². The molecule has 0 radical (unpaired) electrons. The molecular weight excluding hydrogens is 502 g/mol. The molecule has 2 bridgehead atoms. The summed E-state index contributed by atoms with van der Waals surface area (Å²) in [5.41, 5.74) is 3.73. The third kappa shape index (κ3) is 3.05. The number of aromatic nitrogens is 5. The van der Waals surface area contributed by atoms with E-state index < -0.39 is 0 Å². The molecule has 6 aromatic rings. The minimum atomic E-state index is 0.390. The van der Waals surface area contributed by atoms with Crippen molar-refractivity contribution in [1.29, 1.82) is 0 Å². The van der Waals surface area contributed by atoms with E-state index in [4.69, 9.17) is 26.1 Å². The van der Waals surface area contributed by atoms with E-state index >= 15 is 0 Å². The van der Waals surface area contributed by atoms with Crippen LogP contribution in [0.2, 0.25) is 0 Å². The Morgan fingerprint density at radius 3 is 2.84 bits per heavy atom. The van der Waals surface area contributed by atoms with Gasteiger partial charge in [-0.1, -0.05) is 5.92 Å². The number of pyridine rings is 1. The molecule has 0 spiro atoms. The van der Waals surface area contributed by atoms with Crippen LogP contribution in [0.15, 0.2) is 29.9 Å². The summed E-state index contributed by atoms with van der Waals surface area (Å²) < 4.78 is 7.72. The number of methoxy groups -OCH3 is 1. The lowest BCUT2D eigenvalue weighted by atomic mass is 9.98. The van der Waals surface area contributed by atoms with Gasteiger partial charge in [0.05, 0.1) is 34.6 Å². The molecule has 5 aromatic heterocycles. The van der Waals surface area contributed by atoms with Crippen molar-refractivity contribution >= 4 is 69.8 Å². The molecule has 2 aliphatic rings. The standard InChI is InChI=1S/C27H21N7OS2/c1-3-13-12-36-19-8-18-17(9-29-33-18)21(20(13)19)23-24-16(6-7-28-23)22-25(31-27(35-2)32-26(22)37-24)34-10-14-4-5-15(11-34)30-14/h1,6-9,12,14-15,30H,4-5,10-11H2,2H3,(H,29,33). The number of hydrogen-bond donors (Lipinski definition) is 2. The van der Waals surface area contributed by atoms with Crippen molar-refractivity contribution in [1.82, 2.24) is 30.5 Å². The summed E-state index contributed by atoms with van der Waals surface area (Å²) in [6, 6.07) is 5.57. The number of piperazine rings is 1. The van der Waals surface area contributed by atoms with Gasteiger partial charge in [0.2, 0.25) is 0 Å². The lowest BCUT2D eigenvalue weighted by molar-refractivity contribution is 0.380. The van der Waals surface area contributed by atoms with Crippen LogP contribution in [0.5, 0.6) is 6.01 Å². The molecule has 7 heterocycles. The van der Waals surface area contributed by atoms with Crippen molar-refractivity contribution in [3.8, 4) is 29.6 Å². The van der Waals surface area contributed by atoms with Crippen LogP contribution >= 0.6 is 22.7 Å². The van der Waals surface area contributed by atoms with Gasteiger partial charge in [0.1, 0.15) is 10.6 Å². The highest BCUT2D eigenvalue weighted by atomic mass is 32.1. The molecule has 2 atom stereocenters. The first-order valence-corrected chi connectivity index (χ1v) is 13.9. The largest absolute Gasteiger partial charge is 0.467 e. The molecule has 182 valence electrons. The Morgan fingerprint density at radius 2 is 2.03 bits per heavy atom. The van der Waals surface area contributed by atoms with Gasteiger partial charge in [-0.2, -0.15) is 15.1 Å². The lowest BCUT2D eigenvalue weighted by Gasteiger charge is -2.34. The highest BCUT2D eigenvalue weighted by Crippen LogP contribution is 2.46. The number of ether oxygens (including phenoxy) is 1. The zero-order valence-electron chi connectivity index (χ0n) is 19.9. The molecule has 0 amide bonds. The number of nitrogens with one attached hydrogen (secondary N) is 2. The third-order valence-electron chi connectivity index (χ3n) is 7.58. The van der Waals surface area contributed by atoms with Gasteiger partial charge < -0.3 is 15.0 Å². The van der Waals surface area contributed by atoms with E-state index in [1.807, 2.05) is 17.8 Å². The van der Waals surface area contributed by atoms with Crippen LogP contribution < -0.4 is 15.0 Å². The van der Waals surface area contributed by atoms with E-state index in [0.29, 0.717) is 18.1 Å². The average molecular weight is 524 g/mol. The molecule has 10 heteroatoms. The fourth-order valence-electron chi connectivity index (χ4n) is 5.99. The number of hydrogen-bond acceptors (Lipinski definition) is 9. The predicted molar refractivity (Wildman–Crippen MR) is 150 cm³/mol. The van der Waals surface area contributed by atoms with Crippen LogP contribution in [0.25, 0.3) is 52.5 Å². The maximum atomic E-state index is 5.94. The number of thiophene rings is 2. The predicted octanol–water partition coefficient (Wildman–Crippen LogP) is 4.93. The fraction of sp³-hybridized carbons (Fsp3) is 0.259. The summed E-state index contributed by atoms with van der Waals surface area (Å²) in [7, 11) is 1.63. The Labute approximate surface area is 219 Å². The normalized spacial score (nSPS) is 19.4. The smallest absolute Gasteiger partial charge is 0.319 e.